The fourth-order valence-electron chi connectivity index (χ4n) is 2.04. The Labute approximate surface area is 143 Å². The fraction of sp³-hybridized carbons (Fsp3) is 0.333. The summed E-state index contributed by atoms with van der Waals surface area (Å²) in [5.74, 6) is -0.0809. The molecule has 0 saturated heterocycles. The molecule has 22 heavy (non-hydrogen) atoms. The molecule has 1 aromatic carbocycles. The molecule has 2 N–H and O–H groups in total. The molecule has 1 aromatic heterocycles. The monoisotopic (exact) mass is 344 g/mol. The summed E-state index contributed by atoms with van der Waals surface area (Å²) in [6.45, 7) is 0.769. The molecule has 0 aliphatic rings. The van der Waals surface area contributed by atoms with E-state index < -0.39 is 6.04 Å². The van der Waals surface area contributed by atoms with Crippen LogP contribution in [0.2, 0.25) is 0 Å². The predicted octanol–water partition coefficient (Wildman–Crippen LogP) is 1.73. The van der Waals surface area contributed by atoms with E-state index in [2.05, 4.69) is 17.1 Å². The van der Waals surface area contributed by atoms with Crippen molar-refractivity contribution in [1.82, 2.24) is 14.5 Å². The van der Waals surface area contributed by atoms with Gasteiger partial charge in [-0.3, -0.25) is 4.79 Å². The van der Waals surface area contributed by atoms with E-state index in [1.807, 2.05) is 29.0 Å². The Morgan fingerprint density at radius 3 is 2.50 bits per heavy atom. The second kappa shape index (κ2) is 9.46. The van der Waals surface area contributed by atoms with Crippen LogP contribution in [0.25, 0.3) is 0 Å². The van der Waals surface area contributed by atoms with Crippen LogP contribution < -0.4 is 5.73 Å². The highest BCUT2D eigenvalue weighted by atomic mass is 35.5. The van der Waals surface area contributed by atoms with Crippen LogP contribution in [0, 0.1) is 0 Å². The number of amides is 1. The van der Waals surface area contributed by atoms with Gasteiger partial charge in [-0.15, -0.1) is 24.8 Å². The van der Waals surface area contributed by atoms with Crippen molar-refractivity contribution in [3.05, 3.63) is 54.1 Å². The molecule has 2 aromatic rings. The number of aromatic nitrogens is 2. The summed E-state index contributed by atoms with van der Waals surface area (Å²) in [5.41, 5.74) is 7.92. The number of nitrogens with zero attached hydrogens (tertiary/aromatic N) is 3. The Morgan fingerprint density at radius 1 is 1.27 bits per heavy atom. The number of benzene rings is 1. The average Bonchev–Trinajstić information content (AvgIpc) is 2.86. The molecular weight excluding hydrogens is 323 g/mol. The second-order valence-electron chi connectivity index (χ2n) is 5.07. The van der Waals surface area contributed by atoms with Crippen LogP contribution >= 0.6 is 24.8 Å². The van der Waals surface area contributed by atoms with Crippen molar-refractivity contribution >= 4 is 30.7 Å². The van der Waals surface area contributed by atoms with Gasteiger partial charge in [0, 0.05) is 33.3 Å². The number of rotatable bonds is 5. The van der Waals surface area contributed by atoms with E-state index in [9.17, 15) is 4.79 Å². The fourth-order valence-corrected chi connectivity index (χ4v) is 2.04. The van der Waals surface area contributed by atoms with Crippen LogP contribution in [-0.4, -0.2) is 40.5 Å². The Hall–Kier alpha value is -1.56. The van der Waals surface area contributed by atoms with Crippen LogP contribution in [0.4, 0.5) is 0 Å². The molecule has 0 bridgehead atoms. The van der Waals surface area contributed by atoms with Crippen molar-refractivity contribution in [2.24, 2.45) is 5.73 Å². The summed E-state index contributed by atoms with van der Waals surface area (Å²) in [6.07, 6.45) is 4.17. The standard InChI is InChI=1S/C15H20N4O.2ClH/c1-18(2)15(20)14(16)8-13-10-19(11-17-13)9-12-6-4-3-5-7-12;;/h3-7,10-11,14H,8-9,16H2,1-2H3;2*1H/t14-;;/m0../s1. The van der Waals surface area contributed by atoms with Crippen LogP contribution in [0.3, 0.4) is 0 Å². The lowest BCUT2D eigenvalue weighted by Gasteiger charge is -2.15. The Balaban J connectivity index is 0.00000220. The van der Waals surface area contributed by atoms with Crippen LogP contribution in [0.1, 0.15) is 11.3 Å². The van der Waals surface area contributed by atoms with E-state index in [0.29, 0.717) is 6.42 Å². The zero-order valence-electron chi connectivity index (χ0n) is 12.7. The van der Waals surface area contributed by atoms with Gasteiger partial charge >= 0.3 is 0 Å². The summed E-state index contributed by atoms with van der Waals surface area (Å²) in [6, 6.07) is 9.62. The molecular formula is C15H22Cl2N4O. The Morgan fingerprint density at radius 2 is 1.91 bits per heavy atom. The summed E-state index contributed by atoms with van der Waals surface area (Å²) in [4.78, 5) is 17.5. The van der Waals surface area contributed by atoms with Crippen molar-refractivity contribution in [3.8, 4) is 0 Å². The molecule has 2 rings (SSSR count). The number of likely N-dealkylation sites (N-methyl/N-ethyl adjacent to an activating group) is 1. The Bertz CT molecular complexity index is 572. The van der Waals surface area contributed by atoms with Gasteiger partial charge < -0.3 is 15.2 Å². The molecule has 0 aliphatic carbocycles. The van der Waals surface area contributed by atoms with E-state index >= 15 is 0 Å². The largest absolute Gasteiger partial charge is 0.347 e. The minimum absolute atomic E-state index is 0. The highest BCUT2D eigenvalue weighted by molar-refractivity contribution is 5.85. The maximum Gasteiger partial charge on any atom is 0.239 e. The average molecular weight is 345 g/mol. The Kier molecular flexibility index (Phi) is 8.79. The van der Waals surface area contributed by atoms with Gasteiger partial charge in [0.05, 0.1) is 18.1 Å². The third kappa shape index (κ3) is 5.67. The van der Waals surface area contributed by atoms with Gasteiger partial charge in [0.2, 0.25) is 5.91 Å². The maximum absolute atomic E-state index is 11.7. The quantitative estimate of drug-likeness (QED) is 0.898. The first kappa shape index (κ1) is 20.4. The van der Waals surface area contributed by atoms with E-state index in [1.165, 1.54) is 10.5 Å². The van der Waals surface area contributed by atoms with Gasteiger partial charge in [0.1, 0.15) is 0 Å². The summed E-state index contributed by atoms with van der Waals surface area (Å²) >= 11 is 0. The minimum atomic E-state index is -0.537. The number of hydrogen-bond acceptors (Lipinski definition) is 3. The van der Waals surface area contributed by atoms with E-state index in [1.54, 1.807) is 20.4 Å². The van der Waals surface area contributed by atoms with Gasteiger partial charge in [0.25, 0.3) is 0 Å². The topological polar surface area (TPSA) is 64.2 Å². The van der Waals surface area contributed by atoms with Gasteiger partial charge in [-0.1, -0.05) is 30.3 Å². The number of nitrogens with two attached hydrogens (primary N) is 1. The lowest BCUT2D eigenvalue weighted by atomic mass is 10.1. The number of carbonyl (C=O) groups is 1. The molecule has 0 radical (unpaired) electrons. The molecule has 0 spiro atoms. The molecule has 0 saturated carbocycles. The van der Waals surface area contributed by atoms with Gasteiger partial charge in [-0.05, 0) is 5.56 Å². The van der Waals surface area contributed by atoms with E-state index in [-0.39, 0.29) is 30.7 Å². The first-order valence-electron chi connectivity index (χ1n) is 6.57. The molecule has 1 amide bonds. The van der Waals surface area contributed by atoms with Crippen LogP contribution in [-0.2, 0) is 17.8 Å². The van der Waals surface area contributed by atoms with Crippen LogP contribution in [0.15, 0.2) is 42.9 Å². The predicted molar refractivity (Wildman–Crippen MR) is 92.6 cm³/mol. The highest BCUT2D eigenvalue weighted by Crippen LogP contribution is 2.06. The summed E-state index contributed by atoms with van der Waals surface area (Å²) in [5, 5.41) is 0. The second-order valence-corrected chi connectivity index (χ2v) is 5.07. The lowest BCUT2D eigenvalue weighted by molar-refractivity contribution is -0.130. The number of imidazole rings is 1. The first-order valence-corrected chi connectivity index (χ1v) is 6.57. The number of halogens is 2. The molecule has 0 aliphatic heterocycles. The molecule has 0 unspecified atom stereocenters. The summed E-state index contributed by atoms with van der Waals surface area (Å²) in [7, 11) is 3.41. The van der Waals surface area contributed by atoms with Crippen LogP contribution in [0.5, 0.6) is 0 Å². The molecule has 7 heteroatoms. The maximum atomic E-state index is 11.7. The minimum Gasteiger partial charge on any atom is -0.347 e. The molecule has 1 atom stereocenters. The van der Waals surface area contributed by atoms with E-state index in [4.69, 9.17) is 5.73 Å². The molecule has 1 heterocycles. The zero-order valence-corrected chi connectivity index (χ0v) is 14.3. The first-order chi connectivity index (χ1) is 9.56. The van der Waals surface area contributed by atoms with Gasteiger partial charge in [0.15, 0.2) is 0 Å². The smallest absolute Gasteiger partial charge is 0.239 e. The molecule has 0 fully saturated rings. The van der Waals surface area contributed by atoms with Crippen molar-refractivity contribution < 1.29 is 4.79 Å². The van der Waals surface area contributed by atoms with Crippen molar-refractivity contribution in [3.63, 3.8) is 0 Å². The molecule has 122 valence electrons. The number of carbonyl (C=O) groups excluding carboxylic acids is 1. The number of hydrogen-bond donors (Lipinski definition) is 1. The third-order valence-corrected chi connectivity index (χ3v) is 3.08. The van der Waals surface area contributed by atoms with E-state index in [0.717, 1.165) is 12.2 Å². The lowest BCUT2D eigenvalue weighted by Crippen LogP contribution is -2.41. The molecule has 5 nitrogen and oxygen atoms in total. The zero-order chi connectivity index (χ0) is 14.5. The normalized spacial score (nSPS) is 11.0. The van der Waals surface area contributed by atoms with Gasteiger partial charge in [-0.25, -0.2) is 4.98 Å². The van der Waals surface area contributed by atoms with Gasteiger partial charge in [-0.2, -0.15) is 0 Å². The summed E-state index contributed by atoms with van der Waals surface area (Å²) < 4.78 is 2.00. The SMILES string of the molecule is CN(C)C(=O)[C@@H](N)Cc1cn(Cc2ccccc2)cn1.Cl.Cl. The highest BCUT2D eigenvalue weighted by Gasteiger charge is 2.16. The van der Waals surface area contributed by atoms with Crippen molar-refractivity contribution in [1.29, 1.82) is 0 Å². The van der Waals surface area contributed by atoms with Crippen molar-refractivity contribution in [2.45, 2.75) is 19.0 Å². The third-order valence-electron chi connectivity index (χ3n) is 3.08. The van der Waals surface area contributed by atoms with Crippen molar-refractivity contribution in [2.75, 3.05) is 14.1 Å².